The maximum Gasteiger partial charge on any atom is 0.330 e. The number of hydrogen-bond acceptors (Lipinski definition) is 2. The minimum Gasteiger partial charge on any atom is -0.455 e. The largest absolute Gasteiger partial charge is 0.455 e. The Labute approximate surface area is 84.6 Å². The van der Waals surface area contributed by atoms with Gasteiger partial charge in [0.05, 0.1) is 0 Å². The smallest absolute Gasteiger partial charge is 0.330 e. The molecule has 76 valence electrons. The van der Waals surface area contributed by atoms with Gasteiger partial charge in [-0.3, -0.25) is 0 Å². The highest BCUT2D eigenvalue weighted by atomic mass is 16.6. The molecule has 0 radical (unpaired) electrons. The average molecular weight is 192 g/mol. The zero-order valence-corrected chi connectivity index (χ0v) is 8.58. The standard InChI is InChI=1S/C12H16O2/c1-4-11(13)14-12-6-5-10(7-12)8(2)9(12)3/h4,9-10H,1-2,5-7H2,3H3. The Bertz CT molecular complexity index is 305. The molecule has 2 aliphatic carbocycles. The fraction of sp³-hybridized carbons (Fsp3) is 0.583. The Morgan fingerprint density at radius 1 is 1.71 bits per heavy atom. The molecule has 2 fully saturated rings. The maximum atomic E-state index is 11.2. The van der Waals surface area contributed by atoms with Crippen molar-refractivity contribution in [2.45, 2.75) is 31.8 Å². The molecule has 14 heavy (non-hydrogen) atoms. The molecule has 3 atom stereocenters. The van der Waals surface area contributed by atoms with Crippen molar-refractivity contribution in [3.63, 3.8) is 0 Å². The minimum atomic E-state index is -0.299. The zero-order valence-electron chi connectivity index (χ0n) is 8.58. The summed E-state index contributed by atoms with van der Waals surface area (Å²) in [7, 11) is 0. The van der Waals surface area contributed by atoms with E-state index in [1.165, 1.54) is 11.6 Å². The Balaban J connectivity index is 2.19. The van der Waals surface area contributed by atoms with Gasteiger partial charge in [0.2, 0.25) is 0 Å². The summed E-state index contributed by atoms with van der Waals surface area (Å²) in [5.74, 6) is 0.583. The maximum absolute atomic E-state index is 11.2. The van der Waals surface area contributed by atoms with Crippen LogP contribution in [0.2, 0.25) is 0 Å². The molecule has 0 N–H and O–H groups in total. The summed E-state index contributed by atoms with van der Waals surface area (Å²) in [6.45, 7) is 9.62. The Kier molecular flexibility index (Phi) is 2.02. The van der Waals surface area contributed by atoms with Gasteiger partial charge in [0.15, 0.2) is 0 Å². The van der Waals surface area contributed by atoms with E-state index in [1.807, 2.05) is 0 Å². The lowest BCUT2D eigenvalue weighted by atomic mass is 9.83. The van der Waals surface area contributed by atoms with Gasteiger partial charge in [-0.05, 0) is 25.2 Å². The first kappa shape index (κ1) is 9.50. The third-order valence-electron chi connectivity index (χ3n) is 3.85. The zero-order chi connectivity index (χ0) is 10.3. The van der Waals surface area contributed by atoms with Gasteiger partial charge >= 0.3 is 5.97 Å². The number of hydrogen-bond donors (Lipinski definition) is 0. The van der Waals surface area contributed by atoms with Crippen LogP contribution in [0.25, 0.3) is 0 Å². The van der Waals surface area contributed by atoms with Crippen molar-refractivity contribution in [3.8, 4) is 0 Å². The molecular weight excluding hydrogens is 176 g/mol. The van der Waals surface area contributed by atoms with Crippen molar-refractivity contribution >= 4 is 5.97 Å². The fourth-order valence-electron chi connectivity index (χ4n) is 2.86. The van der Waals surface area contributed by atoms with Crippen LogP contribution >= 0.6 is 0 Å². The summed E-state index contributed by atoms with van der Waals surface area (Å²) in [5, 5.41) is 0. The van der Waals surface area contributed by atoms with Crippen LogP contribution in [0, 0.1) is 11.8 Å². The van der Waals surface area contributed by atoms with E-state index in [4.69, 9.17) is 4.74 Å². The molecule has 0 aromatic carbocycles. The van der Waals surface area contributed by atoms with Crippen LogP contribution in [-0.4, -0.2) is 11.6 Å². The SMILES string of the molecule is C=CC(=O)OC12CCC(C1)C(=C)C2C. The molecule has 0 aromatic heterocycles. The molecule has 2 rings (SSSR count). The lowest BCUT2D eigenvalue weighted by Gasteiger charge is -2.32. The number of esters is 1. The second kappa shape index (κ2) is 2.97. The molecule has 0 saturated heterocycles. The summed E-state index contributed by atoms with van der Waals surface area (Å²) in [5.41, 5.74) is 1.00. The molecule has 0 spiro atoms. The first-order valence-electron chi connectivity index (χ1n) is 5.13. The number of ether oxygens (including phenoxy) is 1. The molecule has 2 saturated carbocycles. The van der Waals surface area contributed by atoms with Gasteiger partial charge in [-0.15, -0.1) is 0 Å². The molecule has 0 heterocycles. The molecular formula is C12H16O2. The lowest BCUT2D eigenvalue weighted by molar-refractivity contribution is -0.155. The molecule has 3 unspecified atom stereocenters. The van der Waals surface area contributed by atoms with E-state index in [0.717, 1.165) is 19.3 Å². The van der Waals surface area contributed by atoms with Crippen molar-refractivity contribution < 1.29 is 9.53 Å². The van der Waals surface area contributed by atoms with E-state index in [-0.39, 0.29) is 11.6 Å². The first-order valence-corrected chi connectivity index (χ1v) is 5.13. The van der Waals surface area contributed by atoms with Crippen molar-refractivity contribution in [2.75, 3.05) is 0 Å². The topological polar surface area (TPSA) is 26.3 Å². The van der Waals surface area contributed by atoms with Gasteiger partial charge in [-0.2, -0.15) is 0 Å². The number of fused-ring (bicyclic) bond motifs is 2. The van der Waals surface area contributed by atoms with Crippen LogP contribution in [0.5, 0.6) is 0 Å². The highest BCUT2D eigenvalue weighted by molar-refractivity contribution is 5.81. The van der Waals surface area contributed by atoms with Gasteiger partial charge in [0, 0.05) is 12.0 Å². The second-order valence-corrected chi connectivity index (χ2v) is 4.43. The van der Waals surface area contributed by atoms with E-state index in [1.54, 1.807) is 0 Å². The first-order chi connectivity index (χ1) is 6.59. The number of carbonyl (C=O) groups is 1. The van der Waals surface area contributed by atoms with Crippen LogP contribution in [0.15, 0.2) is 24.8 Å². The Morgan fingerprint density at radius 3 is 2.93 bits per heavy atom. The van der Waals surface area contributed by atoms with Crippen molar-refractivity contribution in [3.05, 3.63) is 24.8 Å². The molecule has 2 bridgehead atoms. The van der Waals surface area contributed by atoms with E-state index in [9.17, 15) is 4.79 Å². The monoisotopic (exact) mass is 192 g/mol. The van der Waals surface area contributed by atoms with Crippen LogP contribution in [0.1, 0.15) is 26.2 Å². The predicted molar refractivity (Wildman–Crippen MR) is 54.7 cm³/mol. The highest BCUT2D eigenvalue weighted by Crippen LogP contribution is 2.55. The molecule has 2 aliphatic rings. The van der Waals surface area contributed by atoms with Crippen LogP contribution in [0.3, 0.4) is 0 Å². The third-order valence-corrected chi connectivity index (χ3v) is 3.85. The van der Waals surface area contributed by atoms with Crippen LogP contribution in [-0.2, 0) is 9.53 Å². The van der Waals surface area contributed by atoms with E-state index >= 15 is 0 Å². The second-order valence-electron chi connectivity index (χ2n) is 4.43. The van der Waals surface area contributed by atoms with Gasteiger partial charge in [0.25, 0.3) is 0 Å². The van der Waals surface area contributed by atoms with Gasteiger partial charge < -0.3 is 4.74 Å². The summed E-state index contributed by atoms with van der Waals surface area (Å²) < 4.78 is 5.50. The van der Waals surface area contributed by atoms with E-state index < -0.39 is 0 Å². The van der Waals surface area contributed by atoms with Gasteiger partial charge in [-0.25, -0.2) is 4.79 Å². The number of carbonyl (C=O) groups excluding carboxylic acids is 1. The molecule has 2 heteroatoms. The van der Waals surface area contributed by atoms with Crippen LogP contribution in [0.4, 0.5) is 0 Å². The van der Waals surface area contributed by atoms with Gasteiger partial charge in [-0.1, -0.05) is 25.7 Å². The van der Waals surface area contributed by atoms with Crippen molar-refractivity contribution in [2.24, 2.45) is 11.8 Å². The minimum absolute atomic E-state index is 0.257. The molecule has 0 aromatic rings. The highest BCUT2D eigenvalue weighted by Gasteiger charge is 2.54. The van der Waals surface area contributed by atoms with Gasteiger partial charge in [0.1, 0.15) is 5.60 Å². The van der Waals surface area contributed by atoms with E-state index in [0.29, 0.717) is 11.8 Å². The third kappa shape index (κ3) is 1.13. The average Bonchev–Trinajstić information content (AvgIpc) is 2.67. The summed E-state index contributed by atoms with van der Waals surface area (Å²) in [6.07, 6.45) is 4.31. The lowest BCUT2D eigenvalue weighted by Crippen LogP contribution is -2.36. The Morgan fingerprint density at radius 2 is 2.43 bits per heavy atom. The predicted octanol–water partition coefficient (Wildman–Crippen LogP) is 2.46. The van der Waals surface area contributed by atoms with E-state index in [2.05, 4.69) is 20.1 Å². The number of rotatable bonds is 2. The van der Waals surface area contributed by atoms with Crippen molar-refractivity contribution in [1.82, 2.24) is 0 Å². The molecule has 0 aliphatic heterocycles. The van der Waals surface area contributed by atoms with Crippen molar-refractivity contribution in [1.29, 1.82) is 0 Å². The molecule has 2 nitrogen and oxygen atoms in total. The fourth-order valence-corrected chi connectivity index (χ4v) is 2.86. The summed E-state index contributed by atoms with van der Waals surface area (Å²) in [4.78, 5) is 11.2. The normalized spacial score (nSPS) is 39.9. The summed E-state index contributed by atoms with van der Waals surface area (Å²) in [6, 6.07) is 0. The van der Waals surface area contributed by atoms with Crippen LogP contribution < -0.4 is 0 Å². The quantitative estimate of drug-likeness (QED) is 0.381. The Hall–Kier alpha value is -1.05. The molecule has 0 amide bonds. The summed E-state index contributed by atoms with van der Waals surface area (Å²) >= 11 is 0.